The van der Waals surface area contributed by atoms with Gasteiger partial charge in [0.2, 0.25) is 0 Å². The van der Waals surface area contributed by atoms with Crippen molar-refractivity contribution in [3.63, 3.8) is 0 Å². The van der Waals surface area contributed by atoms with Gasteiger partial charge in [0, 0.05) is 5.69 Å². The van der Waals surface area contributed by atoms with Gasteiger partial charge >= 0.3 is 11.9 Å². The SMILES string of the molecule is CC(C)(C)c1ccc(-n2c(C(=O)O)c(O)c(O)c2C(=O)O)cc1. The molecule has 0 saturated carbocycles. The van der Waals surface area contributed by atoms with E-state index in [0.29, 0.717) is 0 Å². The van der Waals surface area contributed by atoms with Gasteiger partial charge in [-0.1, -0.05) is 32.9 Å². The number of hydrogen-bond acceptors (Lipinski definition) is 4. The molecule has 7 heteroatoms. The van der Waals surface area contributed by atoms with Gasteiger partial charge in [0.25, 0.3) is 0 Å². The van der Waals surface area contributed by atoms with Crippen LogP contribution >= 0.6 is 0 Å². The maximum Gasteiger partial charge on any atom is 0.356 e. The molecule has 2 aromatic rings. The molecule has 0 atom stereocenters. The van der Waals surface area contributed by atoms with Gasteiger partial charge in [0.15, 0.2) is 22.9 Å². The van der Waals surface area contributed by atoms with Crippen molar-refractivity contribution in [1.29, 1.82) is 0 Å². The molecule has 7 nitrogen and oxygen atoms in total. The number of hydrogen-bond donors (Lipinski definition) is 4. The fraction of sp³-hybridized carbons (Fsp3) is 0.250. The maximum absolute atomic E-state index is 11.3. The second kappa shape index (κ2) is 5.35. The molecule has 0 amide bonds. The van der Waals surface area contributed by atoms with Gasteiger partial charge in [-0.05, 0) is 23.1 Å². The molecule has 2 rings (SSSR count). The first-order chi connectivity index (χ1) is 10.6. The van der Waals surface area contributed by atoms with Crippen LogP contribution in [0.3, 0.4) is 0 Å². The average molecular weight is 319 g/mol. The number of aromatic nitrogens is 1. The summed E-state index contributed by atoms with van der Waals surface area (Å²) in [6, 6.07) is 6.55. The van der Waals surface area contributed by atoms with Gasteiger partial charge < -0.3 is 20.4 Å². The van der Waals surface area contributed by atoms with Gasteiger partial charge in [0.05, 0.1) is 0 Å². The third-order valence-electron chi connectivity index (χ3n) is 3.52. The van der Waals surface area contributed by atoms with Gasteiger partial charge in [-0.3, -0.25) is 4.57 Å². The highest BCUT2D eigenvalue weighted by Gasteiger charge is 2.31. The van der Waals surface area contributed by atoms with Crippen LogP contribution < -0.4 is 0 Å². The molecular weight excluding hydrogens is 302 g/mol. The summed E-state index contributed by atoms with van der Waals surface area (Å²) in [5, 5.41) is 38.0. The first-order valence-corrected chi connectivity index (χ1v) is 6.79. The Labute approximate surface area is 132 Å². The molecule has 0 aliphatic heterocycles. The molecule has 1 aromatic heterocycles. The third-order valence-corrected chi connectivity index (χ3v) is 3.52. The number of aromatic carboxylic acids is 2. The molecule has 0 bridgehead atoms. The monoisotopic (exact) mass is 319 g/mol. The topological polar surface area (TPSA) is 120 Å². The van der Waals surface area contributed by atoms with Crippen LogP contribution in [0.15, 0.2) is 24.3 Å². The predicted molar refractivity (Wildman–Crippen MR) is 81.7 cm³/mol. The van der Waals surface area contributed by atoms with Gasteiger partial charge in [-0.15, -0.1) is 0 Å². The lowest BCUT2D eigenvalue weighted by atomic mass is 9.87. The van der Waals surface area contributed by atoms with Crippen molar-refractivity contribution in [1.82, 2.24) is 4.57 Å². The summed E-state index contributed by atoms with van der Waals surface area (Å²) in [5.74, 6) is -5.06. The number of benzene rings is 1. The molecule has 1 heterocycles. The van der Waals surface area contributed by atoms with E-state index < -0.39 is 34.8 Å². The van der Waals surface area contributed by atoms with Gasteiger partial charge in [-0.2, -0.15) is 0 Å². The second-order valence-corrected chi connectivity index (χ2v) is 6.14. The number of rotatable bonds is 3. The van der Waals surface area contributed by atoms with Crippen molar-refractivity contribution in [2.24, 2.45) is 0 Å². The van der Waals surface area contributed by atoms with E-state index in [1.54, 1.807) is 24.3 Å². The minimum Gasteiger partial charge on any atom is -0.503 e. The highest BCUT2D eigenvalue weighted by atomic mass is 16.4. The summed E-state index contributed by atoms with van der Waals surface area (Å²) in [4.78, 5) is 22.7. The summed E-state index contributed by atoms with van der Waals surface area (Å²) in [7, 11) is 0. The van der Waals surface area contributed by atoms with E-state index in [4.69, 9.17) is 0 Å². The van der Waals surface area contributed by atoms with Crippen molar-refractivity contribution in [2.75, 3.05) is 0 Å². The predicted octanol–water partition coefficient (Wildman–Crippen LogP) is 2.58. The lowest BCUT2D eigenvalue weighted by Gasteiger charge is -2.19. The zero-order valence-corrected chi connectivity index (χ0v) is 12.9. The Morgan fingerprint density at radius 2 is 1.26 bits per heavy atom. The highest BCUT2D eigenvalue weighted by molar-refractivity contribution is 5.99. The highest BCUT2D eigenvalue weighted by Crippen LogP contribution is 2.38. The summed E-state index contributed by atoms with van der Waals surface area (Å²) >= 11 is 0. The van der Waals surface area contributed by atoms with Crippen molar-refractivity contribution < 1.29 is 30.0 Å². The van der Waals surface area contributed by atoms with Crippen LogP contribution in [-0.4, -0.2) is 36.9 Å². The van der Waals surface area contributed by atoms with Crippen LogP contribution in [-0.2, 0) is 5.41 Å². The molecule has 1 aromatic carbocycles. The van der Waals surface area contributed by atoms with Crippen LogP contribution in [0.1, 0.15) is 47.3 Å². The lowest BCUT2D eigenvalue weighted by Crippen LogP contribution is -2.14. The zero-order valence-electron chi connectivity index (χ0n) is 12.9. The maximum atomic E-state index is 11.3. The standard InChI is InChI=1S/C16H17NO6/c1-16(2,3)8-4-6-9(7-5-8)17-10(14(20)21)12(18)13(19)11(17)15(22)23/h4-7,18-19H,1-3H3,(H,20,21)(H,22,23). The van der Waals surface area contributed by atoms with Crippen LogP contribution in [0.25, 0.3) is 5.69 Å². The van der Waals surface area contributed by atoms with E-state index in [2.05, 4.69) is 0 Å². The summed E-state index contributed by atoms with van der Waals surface area (Å²) in [5.41, 5.74) is -0.365. The third kappa shape index (κ3) is 2.73. The molecule has 122 valence electrons. The van der Waals surface area contributed by atoms with E-state index in [-0.39, 0.29) is 11.1 Å². The second-order valence-electron chi connectivity index (χ2n) is 6.14. The van der Waals surface area contributed by atoms with Crippen molar-refractivity contribution in [3.8, 4) is 17.2 Å². The molecule has 0 radical (unpaired) electrons. The normalized spacial score (nSPS) is 11.4. The fourth-order valence-electron chi connectivity index (χ4n) is 2.31. The van der Waals surface area contributed by atoms with Crippen molar-refractivity contribution in [3.05, 3.63) is 41.2 Å². The smallest absolute Gasteiger partial charge is 0.356 e. The number of carbonyl (C=O) groups is 2. The fourth-order valence-corrected chi connectivity index (χ4v) is 2.31. The molecule has 0 unspecified atom stereocenters. The number of aromatic hydroxyl groups is 2. The van der Waals surface area contributed by atoms with Crippen LogP contribution in [0.2, 0.25) is 0 Å². The number of nitrogens with zero attached hydrogens (tertiary/aromatic N) is 1. The minimum atomic E-state index is -1.55. The Balaban J connectivity index is 2.74. The Kier molecular flexibility index (Phi) is 3.82. The van der Waals surface area contributed by atoms with Crippen molar-refractivity contribution >= 4 is 11.9 Å². The van der Waals surface area contributed by atoms with Crippen molar-refractivity contribution in [2.45, 2.75) is 26.2 Å². The molecule has 23 heavy (non-hydrogen) atoms. The summed E-state index contributed by atoms with van der Waals surface area (Å²) in [6.07, 6.45) is 0. The minimum absolute atomic E-state index is 0.134. The lowest BCUT2D eigenvalue weighted by molar-refractivity contribution is 0.0681. The van der Waals surface area contributed by atoms with Crippen LogP contribution in [0.5, 0.6) is 11.5 Å². The largest absolute Gasteiger partial charge is 0.503 e. The van der Waals surface area contributed by atoms with Crippen LogP contribution in [0.4, 0.5) is 0 Å². The van der Waals surface area contributed by atoms with E-state index in [1.807, 2.05) is 20.8 Å². The van der Waals surface area contributed by atoms with Gasteiger partial charge in [0.1, 0.15) is 0 Å². The zero-order chi connectivity index (χ0) is 17.5. The van der Waals surface area contributed by atoms with Crippen LogP contribution in [0, 0.1) is 0 Å². The molecule has 4 N–H and O–H groups in total. The Hall–Kier alpha value is -2.96. The summed E-state index contributed by atoms with van der Waals surface area (Å²) in [6.45, 7) is 6.00. The number of carboxylic acid groups (broad SMARTS) is 2. The first kappa shape index (κ1) is 16.4. The van der Waals surface area contributed by atoms with E-state index in [0.717, 1.165) is 10.1 Å². The Morgan fingerprint density at radius 1 is 0.870 bits per heavy atom. The molecule has 0 spiro atoms. The molecule has 0 aliphatic rings. The average Bonchev–Trinajstić information content (AvgIpc) is 2.70. The molecule has 0 aliphatic carbocycles. The van der Waals surface area contributed by atoms with E-state index in [9.17, 15) is 30.0 Å². The van der Waals surface area contributed by atoms with E-state index >= 15 is 0 Å². The Morgan fingerprint density at radius 3 is 1.57 bits per heavy atom. The molecule has 0 saturated heterocycles. The number of carboxylic acids is 2. The Bertz CT molecular complexity index is 743. The molecule has 0 fully saturated rings. The van der Waals surface area contributed by atoms with Gasteiger partial charge in [-0.25, -0.2) is 9.59 Å². The molecular formula is C16H17NO6. The first-order valence-electron chi connectivity index (χ1n) is 6.79. The quantitative estimate of drug-likeness (QED) is 0.690. The van der Waals surface area contributed by atoms with E-state index in [1.165, 1.54) is 0 Å². The summed E-state index contributed by atoms with van der Waals surface area (Å²) < 4.78 is 0.807.